The molecule has 0 spiro atoms. The SMILES string of the molecule is Cc1c(Br)cccc1C(N)Cc1nc2ccccc2n1C. The smallest absolute Gasteiger partial charge is 0.111 e. The van der Waals surface area contributed by atoms with Crippen LogP contribution in [0.5, 0.6) is 0 Å². The molecule has 2 aromatic carbocycles. The number of nitrogens with zero attached hydrogens (tertiary/aromatic N) is 2. The highest BCUT2D eigenvalue weighted by atomic mass is 79.9. The van der Waals surface area contributed by atoms with Gasteiger partial charge in [0.1, 0.15) is 5.82 Å². The van der Waals surface area contributed by atoms with Gasteiger partial charge in [0.2, 0.25) is 0 Å². The maximum atomic E-state index is 6.41. The lowest BCUT2D eigenvalue weighted by Crippen LogP contribution is -2.17. The quantitative estimate of drug-likeness (QED) is 0.783. The molecule has 1 unspecified atom stereocenters. The van der Waals surface area contributed by atoms with E-state index in [0.717, 1.165) is 33.3 Å². The third kappa shape index (κ3) is 2.61. The number of hydrogen-bond donors (Lipinski definition) is 1. The summed E-state index contributed by atoms with van der Waals surface area (Å²) < 4.78 is 3.23. The molecule has 21 heavy (non-hydrogen) atoms. The van der Waals surface area contributed by atoms with Crippen molar-refractivity contribution in [3.63, 3.8) is 0 Å². The average Bonchev–Trinajstić information content (AvgIpc) is 2.79. The normalized spacial score (nSPS) is 12.8. The van der Waals surface area contributed by atoms with Gasteiger partial charge >= 0.3 is 0 Å². The van der Waals surface area contributed by atoms with Crippen LogP contribution in [-0.4, -0.2) is 9.55 Å². The van der Waals surface area contributed by atoms with Crippen molar-refractivity contribution in [2.75, 3.05) is 0 Å². The molecule has 2 N–H and O–H groups in total. The van der Waals surface area contributed by atoms with Crippen LogP contribution in [0.2, 0.25) is 0 Å². The van der Waals surface area contributed by atoms with Gasteiger partial charge in [-0.1, -0.05) is 40.2 Å². The Balaban J connectivity index is 1.94. The molecular formula is C17H18BrN3. The molecule has 108 valence electrons. The lowest BCUT2D eigenvalue weighted by molar-refractivity contribution is 0.661. The van der Waals surface area contributed by atoms with E-state index in [9.17, 15) is 0 Å². The molecule has 3 rings (SSSR count). The van der Waals surface area contributed by atoms with Crippen LogP contribution >= 0.6 is 15.9 Å². The number of hydrogen-bond acceptors (Lipinski definition) is 2. The summed E-state index contributed by atoms with van der Waals surface area (Å²) in [5, 5.41) is 0. The van der Waals surface area contributed by atoms with Gasteiger partial charge in [-0.25, -0.2) is 4.98 Å². The zero-order valence-corrected chi connectivity index (χ0v) is 13.8. The first-order chi connectivity index (χ1) is 10.1. The molecule has 0 radical (unpaired) electrons. The predicted molar refractivity (Wildman–Crippen MR) is 90.2 cm³/mol. The van der Waals surface area contributed by atoms with Crippen molar-refractivity contribution >= 4 is 27.0 Å². The number of para-hydroxylation sites is 2. The monoisotopic (exact) mass is 343 g/mol. The Morgan fingerprint density at radius 2 is 1.95 bits per heavy atom. The van der Waals surface area contributed by atoms with Crippen molar-refractivity contribution < 1.29 is 0 Å². The lowest BCUT2D eigenvalue weighted by atomic mass is 9.99. The Morgan fingerprint density at radius 3 is 2.71 bits per heavy atom. The minimum absolute atomic E-state index is 0.0574. The molecule has 0 saturated carbocycles. The van der Waals surface area contributed by atoms with Gasteiger partial charge in [0.15, 0.2) is 0 Å². The first-order valence-electron chi connectivity index (χ1n) is 6.99. The van der Waals surface area contributed by atoms with Crippen LogP contribution < -0.4 is 5.73 Å². The fourth-order valence-electron chi connectivity index (χ4n) is 2.71. The molecule has 3 nitrogen and oxygen atoms in total. The Labute approximate surface area is 132 Å². The summed E-state index contributed by atoms with van der Waals surface area (Å²) >= 11 is 3.57. The van der Waals surface area contributed by atoms with E-state index >= 15 is 0 Å². The van der Waals surface area contributed by atoms with Gasteiger partial charge in [-0.3, -0.25) is 0 Å². The van der Waals surface area contributed by atoms with Crippen molar-refractivity contribution in [1.82, 2.24) is 9.55 Å². The highest BCUT2D eigenvalue weighted by molar-refractivity contribution is 9.10. The molecule has 3 aromatic rings. The third-order valence-electron chi connectivity index (χ3n) is 3.99. The number of aromatic nitrogens is 2. The third-order valence-corrected chi connectivity index (χ3v) is 4.85. The first-order valence-corrected chi connectivity index (χ1v) is 7.78. The van der Waals surface area contributed by atoms with E-state index in [-0.39, 0.29) is 6.04 Å². The van der Waals surface area contributed by atoms with E-state index < -0.39 is 0 Å². The number of imidazole rings is 1. The standard InChI is InChI=1S/C17H18BrN3/c1-11-12(6-5-7-13(11)18)14(19)10-17-20-15-8-3-4-9-16(15)21(17)2/h3-9,14H,10,19H2,1-2H3. The van der Waals surface area contributed by atoms with Crippen molar-refractivity contribution in [3.8, 4) is 0 Å². The molecule has 4 heteroatoms. The van der Waals surface area contributed by atoms with E-state index in [1.54, 1.807) is 0 Å². The highest BCUT2D eigenvalue weighted by Crippen LogP contribution is 2.26. The number of benzene rings is 2. The maximum Gasteiger partial charge on any atom is 0.111 e. The van der Waals surface area contributed by atoms with Crippen molar-refractivity contribution in [2.24, 2.45) is 12.8 Å². The largest absolute Gasteiger partial charge is 0.331 e. The Bertz CT molecular complexity index is 792. The molecule has 1 heterocycles. The second kappa shape index (κ2) is 5.62. The predicted octanol–water partition coefficient (Wildman–Crippen LogP) is 3.89. The van der Waals surface area contributed by atoms with Crippen LogP contribution in [0.3, 0.4) is 0 Å². The molecule has 0 saturated heterocycles. The number of rotatable bonds is 3. The molecule has 0 aliphatic carbocycles. The summed E-state index contributed by atoms with van der Waals surface area (Å²) in [7, 11) is 2.05. The van der Waals surface area contributed by atoms with Crippen molar-refractivity contribution in [3.05, 3.63) is 63.9 Å². The summed E-state index contributed by atoms with van der Waals surface area (Å²) in [5.74, 6) is 1.02. The van der Waals surface area contributed by atoms with E-state index in [1.807, 2.05) is 37.4 Å². The molecule has 0 bridgehead atoms. The van der Waals surface area contributed by atoms with Crippen LogP contribution in [-0.2, 0) is 13.5 Å². The van der Waals surface area contributed by atoms with Gasteiger partial charge in [-0.05, 0) is 36.2 Å². The average molecular weight is 344 g/mol. The first kappa shape index (κ1) is 14.3. The summed E-state index contributed by atoms with van der Waals surface area (Å²) in [5.41, 5.74) is 10.9. The molecule has 1 aromatic heterocycles. The topological polar surface area (TPSA) is 43.8 Å². The second-order valence-electron chi connectivity index (χ2n) is 5.34. The highest BCUT2D eigenvalue weighted by Gasteiger charge is 2.15. The zero-order chi connectivity index (χ0) is 15.0. The molecule has 0 aliphatic heterocycles. The van der Waals surface area contributed by atoms with E-state index in [1.165, 1.54) is 5.56 Å². The summed E-state index contributed by atoms with van der Waals surface area (Å²) in [6, 6.07) is 14.3. The van der Waals surface area contributed by atoms with Gasteiger partial charge in [-0.15, -0.1) is 0 Å². The summed E-state index contributed by atoms with van der Waals surface area (Å²) in [6.07, 6.45) is 0.725. The number of halogens is 1. The van der Waals surface area contributed by atoms with E-state index in [4.69, 9.17) is 10.7 Å². The molecule has 0 fully saturated rings. The summed E-state index contributed by atoms with van der Waals surface area (Å²) in [4.78, 5) is 4.70. The van der Waals surface area contributed by atoms with Gasteiger partial charge in [0, 0.05) is 24.0 Å². The Hall–Kier alpha value is -1.65. The van der Waals surface area contributed by atoms with Crippen LogP contribution in [0.4, 0.5) is 0 Å². The van der Waals surface area contributed by atoms with Crippen LogP contribution in [0.25, 0.3) is 11.0 Å². The van der Waals surface area contributed by atoms with Crippen molar-refractivity contribution in [2.45, 2.75) is 19.4 Å². The van der Waals surface area contributed by atoms with Gasteiger partial charge in [-0.2, -0.15) is 0 Å². The van der Waals surface area contributed by atoms with Gasteiger partial charge < -0.3 is 10.3 Å². The molecule has 0 aliphatic rings. The maximum absolute atomic E-state index is 6.41. The minimum Gasteiger partial charge on any atom is -0.331 e. The number of aryl methyl sites for hydroxylation is 1. The zero-order valence-electron chi connectivity index (χ0n) is 12.2. The number of fused-ring (bicyclic) bond motifs is 1. The van der Waals surface area contributed by atoms with E-state index in [2.05, 4.69) is 39.6 Å². The number of nitrogens with two attached hydrogens (primary N) is 1. The Morgan fingerprint density at radius 1 is 1.19 bits per heavy atom. The van der Waals surface area contributed by atoms with Crippen LogP contribution in [0, 0.1) is 6.92 Å². The van der Waals surface area contributed by atoms with Crippen LogP contribution in [0.1, 0.15) is 23.0 Å². The Kier molecular flexibility index (Phi) is 3.83. The fourth-order valence-corrected chi connectivity index (χ4v) is 3.09. The molecule has 1 atom stereocenters. The van der Waals surface area contributed by atoms with Crippen molar-refractivity contribution in [1.29, 1.82) is 0 Å². The molecular weight excluding hydrogens is 326 g/mol. The lowest BCUT2D eigenvalue weighted by Gasteiger charge is -2.15. The second-order valence-corrected chi connectivity index (χ2v) is 6.19. The summed E-state index contributed by atoms with van der Waals surface area (Å²) in [6.45, 7) is 2.09. The minimum atomic E-state index is -0.0574. The van der Waals surface area contributed by atoms with Crippen LogP contribution in [0.15, 0.2) is 46.9 Å². The molecule has 0 amide bonds. The van der Waals surface area contributed by atoms with E-state index in [0.29, 0.717) is 0 Å². The fraction of sp³-hybridized carbons (Fsp3) is 0.235. The van der Waals surface area contributed by atoms with Gasteiger partial charge in [0.25, 0.3) is 0 Å². The van der Waals surface area contributed by atoms with Gasteiger partial charge in [0.05, 0.1) is 11.0 Å².